The number of aliphatic carboxylic acids is 1. The fourth-order valence-corrected chi connectivity index (χ4v) is 3.91. The molecule has 0 saturated heterocycles. The first kappa shape index (κ1) is 24.5. The first-order chi connectivity index (χ1) is 15.6. The largest absolute Gasteiger partial charge is 0.490 e. The number of halogens is 4. The van der Waals surface area contributed by atoms with E-state index >= 15 is 0 Å². The number of amides is 1. The fourth-order valence-electron chi connectivity index (χ4n) is 3.72. The van der Waals surface area contributed by atoms with Crippen molar-refractivity contribution < 1.29 is 33.0 Å². The normalized spacial score (nSPS) is 15.1. The molecule has 7 nitrogen and oxygen atoms in total. The second-order valence-corrected chi connectivity index (χ2v) is 8.09. The van der Waals surface area contributed by atoms with Crippen LogP contribution in [-0.2, 0) is 4.79 Å². The first-order valence-corrected chi connectivity index (χ1v) is 10.4. The Labute approximate surface area is 191 Å². The van der Waals surface area contributed by atoms with E-state index < -0.39 is 17.7 Å². The molecule has 2 heterocycles. The maximum absolute atomic E-state index is 13.0. The van der Waals surface area contributed by atoms with E-state index in [0.29, 0.717) is 16.5 Å². The van der Waals surface area contributed by atoms with Gasteiger partial charge in [0.15, 0.2) is 0 Å². The highest BCUT2D eigenvalue weighted by Crippen LogP contribution is 2.31. The van der Waals surface area contributed by atoms with E-state index in [0.717, 1.165) is 36.8 Å². The standard InChI is InChI=1S/C20H20ClN3O2.C2HF3O2/c21-15-7-5-6-14(12-15)17-16-8-1-4-11-24(16)18(22-17)19(26)23-20(13-25)9-2-3-10-20;3-2(4,5)1(6)7/h1,4-8,11-12,25H,2-3,9-10,13H2,(H,23,26);(H,6,7). The van der Waals surface area contributed by atoms with E-state index in [4.69, 9.17) is 21.5 Å². The molecule has 1 saturated carbocycles. The maximum Gasteiger partial charge on any atom is 0.490 e. The van der Waals surface area contributed by atoms with Gasteiger partial charge in [-0.3, -0.25) is 9.20 Å². The Bertz CT molecular complexity index is 1160. The van der Waals surface area contributed by atoms with E-state index in [1.165, 1.54) is 0 Å². The molecule has 33 heavy (non-hydrogen) atoms. The van der Waals surface area contributed by atoms with Gasteiger partial charge in [-0.1, -0.05) is 42.6 Å². The van der Waals surface area contributed by atoms with Crippen LogP contribution in [0.3, 0.4) is 0 Å². The second kappa shape index (κ2) is 9.80. The summed E-state index contributed by atoms with van der Waals surface area (Å²) in [5, 5.41) is 20.6. The summed E-state index contributed by atoms with van der Waals surface area (Å²) < 4.78 is 33.5. The van der Waals surface area contributed by atoms with Crippen molar-refractivity contribution in [3.63, 3.8) is 0 Å². The van der Waals surface area contributed by atoms with Crippen LogP contribution in [0, 0.1) is 0 Å². The van der Waals surface area contributed by atoms with Gasteiger partial charge in [0, 0.05) is 16.8 Å². The van der Waals surface area contributed by atoms with Crippen LogP contribution in [0.4, 0.5) is 13.2 Å². The summed E-state index contributed by atoms with van der Waals surface area (Å²) >= 11 is 6.12. The third kappa shape index (κ3) is 5.63. The first-order valence-electron chi connectivity index (χ1n) is 10.0. The molecule has 0 unspecified atom stereocenters. The number of nitrogens with one attached hydrogen (secondary N) is 1. The number of carboxylic acids is 1. The van der Waals surface area contributed by atoms with Crippen LogP contribution in [0.1, 0.15) is 36.3 Å². The number of aromatic nitrogens is 2. The van der Waals surface area contributed by atoms with Crippen LogP contribution in [0.15, 0.2) is 48.7 Å². The molecule has 1 aliphatic rings. The number of pyridine rings is 1. The quantitative estimate of drug-likeness (QED) is 0.512. The van der Waals surface area contributed by atoms with E-state index in [-0.39, 0.29) is 12.5 Å². The molecule has 176 valence electrons. The number of nitrogens with zero attached hydrogens (tertiary/aromatic N) is 2. The van der Waals surface area contributed by atoms with E-state index in [1.807, 2.05) is 48.7 Å². The summed E-state index contributed by atoms with van der Waals surface area (Å²) in [6, 6.07) is 13.1. The van der Waals surface area contributed by atoms with Crippen molar-refractivity contribution in [1.82, 2.24) is 14.7 Å². The zero-order valence-corrected chi connectivity index (χ0v) is 18.0. The molecule has 0 bridgehead atoms. The average Bonchev–Trinajstić information content (AvgIpc) is 3.39. The number of carbonyl (C=O) groups excluding carboxylic acids is 1. The summed E-state index contributed by atoms with van der Waals surface area (Å²) in [4.78, 5) is 26.5. The maximum atomic E-state index is 13.0. The lowest BCUT2D eigenvalue weighted by atomic mass is 9.99. The minimum atomic E-state index is -5.08. The van der Waals surface area contributed by atoms with Crippen molar-refractivity contribution in [1.29, 1.82) is 0 Å². The van der Waals surface area contributed by atoms with Crippen LogP contribution in [0.5, 0.6) is 0 Å². The Balaban J connectivity index is 0.000000383. The highest BCUT2D eigenvalue weighted by Gasteiger charge is 2.38. The third-order valence-electron chi connectivity index (χ3n) is 5.33. The Kier molecular flexibility index (Phi) is 7.28. The van der Waals surface area contributed by atoms with Gasteiger partial charge in [-0.15, -0.1) is 0 Å². The van der Waals surface area contributed by atoms with Gasteiger partial charge in [0.05, 0.1) is 23.4 Å². The summed E-state index contributed by atoms with van der Waals surface area (Å²) in [6.07, 6.45) is 0.346. The number of aliphatic hydroxyl groups is 1. The number of imidazole rings is 1. The number of aliphatic hydroxyl groups excluding tert-OH is 1. The zero-order valence-electron chi connectivity index (χ0n) is 17.3. The highest BCUT2D eigenvalue weighted by molar-refractivity contribution is 6.30. The van der Waals surface area contributed by atoms with E-state index in [1.54, 1.807) is 4.40 Å². The Morgan fingerprint density at radius 1 is 1.15 bits per heavy atom. The monoisotopic (exact) mass is 483 g/mol. The summed E-state index contributed by atoms with van der Waals surface area (Å²) in [5.41, 5.74) is 1.87. The number of hydrogen-bond donors (Lipinski definition) is 3. The SMILES string of the molecule is O=C(NC1(CO)CCCC1)c1nc(-c2cccc(Cl)c2)c2ccccn12.O=C(O)C(F)(F)F. The van der Waals surface area contributed by atoms with Gasteiger partial charge >= 0.3 is 12.1 Å². The molecule has 4 rings (SSSR count). The highest BCUT2D eigenvalue weighted by atomic mass is 35.5. The Morgan fingerprint density at radius 3 is 2.39 bits per heavy atom. The van der Waals surface area contributed by atoms with Gasteiger partial charge in [-0.05, 0) is 37.1 Å². The molecule has 2 aromatic heterocycles. The smallest absolute Gasteiger partial charge is 0.475 e. The minimum absolute atomic E-state index is 0.0524. The molecule has 1 aromatic carbocycles. The van der Waals surface area contributed by atoms with Crippen LogP contribution >= 0.6 is 11.6 Å². The van der Waals surface area contributed by atoms with Crippen LogP contribution in [-0.4, -0.2) is 49.8 Å². The molecule has 3 aromatic rings. The van der Waals surface area contributed by atoms with E-state index in [2.05, 4.69) is 10.3 Å². The molecular weight excluding hydrogens is 463 g/mol. The number of rotatable bonds is 4. The Morgan fingerprint density at radius 2 is 1.82 bits per heavy atom. The lowest BCUT2D eigenvalue weighted by Gasteiger charge is -2.27. The molecule has 3 N–H and O–H groups in total. The van der Waals surface area contributed by atoms with Gasteiger partial charge in [-0.25, -0.2) is 9.78 Å². The zero-order chi connectivity index (χ0) is 24.2. The van der Waals surface area contributed by atoms with Gasteiger partial charge in [0.1, 0.15) is 0 Å². The lowest BCUT2D eigenvalue weighted by molar-refractivity contribution is -0.192. The van der Waals surface area contributed by atoms with Crippen molar-refractivity contribution in [2.24, 2.45) is 0 Å². The molecule has 1 amide bonds. The predicted octanol–water partition coefficient (Wildman–Crippen LogP) is 4.32. The molecule has 1 aliphatic carbocycles. The van der Waals surface area contributed by atoms with Crippen molar-refractivity contribution in [2.75, 3.05) is 6.61 Å². The predicted molar refractivity (Wildman–Crippen MR) is 115 cm³/mol. The number of hydrogen-bond acceptors (Lipinski definition) is 4. The third-order valence-corrected chi connectivity index (χ3v) is 5.57. The molecule has 0 atom stereocenters. The fraction of sp³-hybridized carbons (Fsp3) is 0.318. The van der Waals surface area contributed by atoms with E-state index in [9.17, 15) is 23.1 Å². The molecule has 0 radical (unpaired) electrons. The molecule has 0 spiro atoms. The van der Waals surface area contributed by atoms with Crippen LogP contribution < -0.4 is 5.32 Å². The van der Waals surface area contributed by atoms with Crippen LogP contribution in [0.25, 0.3) is 16.8 Å². The van der Waals surface area contributed by atoms with Gasteiger partial charge in [0.25, 0.3) is 5.91 Å². The summed E-state index contributed by atoms with van der Waals surface area (Å²) in [6.45, 7) is -0.0524. The number of alkyl halides is 3. The topological polar surface area (TPSA) is 104 Å². The van der Waals surface area contributed by atoms with Gasteiger partial charge in [-0.2, -0.15) is 13.2 Å². The average molecular weight is 484 g/mol. The molecule has 0 aliphatic heterocycles. The lowest BCUT2D eigenvalue weighted by Crippen LogP contribution is -2.49. The number of fused-ring (bicyclic) bond motifs is 1. The van der Waals surface area contributed by atoms with Crippen molar-refractivity contribution in [3.8, 4) is 11.3 Å². The second-order valence-electron chi connectivity index (χ2n) is 7.65. The number of carboxylic acid groups (broad SMARTS) is 1. The van der Waals surface area contributed by atoms with Crippen molar-refractivity contribution in [2.45, 2.75) is 37.4 Å². The van der Waals surface area contributed by atoms with Crippen molar-refractivity contribution >= 4 is 29.0 Å². The van der Waals surface area contributed by atoms with Crippen LogP contribution in [0.2, 0.25) is 5.02 Å². The van der Waals surface area contributed by atoms with Gasteiger partial charge in [0.2, 0.25) is 5.82 Å². The number of benzene rings is 1. The summed E-state index contributed by atoms with van der Waals surface area (Å²) in [7, 11) is 0. The molecule has 11 heteroatoms. The summed E-state index contributed by atoms with van der Waals surface area (Å²) in [5.74, 6) is -2.71. The number of carbonyl (C=O) groups is 2. The molecule has 1 fully saturated rings. The molecular formula is C22H21ClF3N3O4. The minimum Gasteiger partial charge on any atom is -0.475 e. The Hall–Kier alpha value is -3.11. The van der Waals surface area contributed by atoms with Gasteiger partial charge < -0.3 is 15.5 Å². The van der Waals surface area contributed by atoms with Crippen molar-refractivity contribution in [3.05, 3.63) is 59.5 Å².